The molecule has 102 valence electrons. The zero-order valence-corrected chi connectivity index (χ0v) is 13.1. The lowest BCUT2D eigenvalue weighted by Crippen LogP contribution is -2.58. The predicted molar refractivity (Wildman–Crippen MR) is 80.1 cm³/mol. The zero-order valence-electron chi connectivity index (χ0n) is 11.5. The summed E-state index contributed by atoms with van der Waals surface area (Å²) in [5, 5.41) is 12.7. The van der Waals surface area contributed by atoms with Gasteiger partial charge in [0.1, 0.15) is 6.07 Å². The standard InChI is InChI=1S/C15H19BrN2O/c1-4-19-14-8-13(15(14,2)3)18-12-6-5-11(16)7-10(12)9-17/h5-7,13-14,18H,4,8H2,1-3H3. The lowest BCUT2D eigenvalue weighted by atomic mass is 9.64. The molecule has 0 radical (unpaired) electrons. The van der Waals surface area contributed by atoms with Gasteiger partial charge < -0.3 is 10.1 Å². The highest BCUT2D eigenvalue weighted by Gasteiger charge is 2.48. The van der Waals surface area contributed by atoms with Gasteiger partial charge >= 0.3 is 0 Å². The second kappa shape index (κ2) is 5.52. The summed E-state index contributed by atoms with van der Waals surface area (Å²) in [7, 11) is 0. The van der Waals surface area contributed by atoms with Gasteiger partial charge in [-0.1, -0.05) is 29.8 Å². The van der Waals surface area contributed by atoms with Crippen molar-refractivity contribution in [3.05, 3.63) is 28.2 Å². The van der Waals surface area contributed by atoms with E-state index < -0.39 is 0 Å². The molecule has 19 heavy (non-hydrogen) atoms. The fraction of sp³-hybridized carbons (Fsp3) is 0.533. The summed E-state index contributed by atoms with van der Waals surface area (Å²) in [5.74, 6) is 0. The third-order valence-electron chi connectivity index (χ3n) is 3.98. The van der Waals surface area contributed by atoms with E-state index in [1.807, 2.05) is 25.1 Å². The van der Waals surface area contributed by atoms with Crippen LogP contribution in [0.4, 0.5) is 5.69 Å². The van der Waals surface area contributed by atoms with Gasteiger partial charge in [-0.05, 0) is 31.5 Å². The van der Waals surface area contributed by atoms with E-state index in [1.54, 1.807) is 0 Å². The van der Waals surface area contributed by atoms with Crippen molar-refractivity contribution in [3.8, 4) is 6.07 Å². The number of hydrogen-bond donors (Lipinski definition) is 1. The minimum Gasteiger partial charge on any atom is -0.381 e. The third kappa shape index (κ3) is 2.77. The van der Waals surface area contributed by atoms with Crippen LogP contribution in [-0.4, -0.2) is 18.8 Å². The number of rotatable bonds is 4. The van der Waals surface area contributed by atoms with Crippen LogP contribution in [0.25, 0.3) is 0 Å². The van der Waals surface area contributed by atoms with Crippen LogP contribution in [0.1, 0.15) is 32.8 Å². The molecule has 0 spiro atoms. The van der Waals surface area contributed by atoms with Crippen molar-refractivity contribution in [3.63, 3.8) is 0 Å². The first-order valence-corrected chi connectivity index (χ1v) is 7.36. The molecule has 1 saturated carbocycles. The maximum absolute atomic E-state index is 9.18. The van der Waals surface area contributed by atoms with E-state index in [-0.39, 0.29) is 5.41 Å². The Hall–Kier alpha value is -1.05. The van der Waals surface area contributed by atoms with Crippen molar-refractivity contribution in [2.24, 2.45) is 5.41 Å². The molecule has 3 nitrogen and oxygen atoms in total. The Kier molecular flexibility index (Phi) is 4.17. The minimum atomic E-state index is 0.0931. The van der Waals surface area contributed by atoms with Gasteiger partial charge in [0.2, 0.25) is 0 Å². The van der Waals surface area contributed by atoms with Crippen LogP contribution in [0, 0.1) is 16.7 Å². The summed E-state index contributed by atoms with van der Waals surface area (Å²) in [5.41, 5.74) is 1.67. The second-order valence-electron chi connectivity index (χ2n) is 5.50. The van der Waals surface area contributed by atoms with Crippen molar-refractivity contribution < 1.29 is 4.74 Å². The lowest BCUT2D eigenvalue weighted by molar-refractivity contribution is -0.0976. The van der Waals surface area contributed by atoms with Crippen LogP contribution in [0.3, 0.4) is 0 Å². The van der Waals surface area contributed by atoms with Crippen LogP contribution in [-0.2, 0) is 4.74 Å². The third-order valence-corrected chi connectivity index (χ3v) is 4.47. The van der Waals surface area contributed by atoms with Crippen LogP contribution in [0.2, 0.25) is 0 Å². The van der Waals surface area contributed by atoms with E-state index in [0.29, 0.717) is 17.7 Å². The first-order valence-electron chi connectivity index (χ1n) is 6.56. The number of halogens is 1. The molecule has 1 fully saturated rings. The van der Waals surface area contributed by atoms with E-state index in [1.165, 1.54) is 0 Å². The average Bonchev–Trinajstić information content (AvgIpc) is 2.39. The average molecular weight is 323 g/mol. The molecule has 1 aromatic carbocycles. The molecule has 2 atom stereocenters. The summed E-state index contributed by atoms with van der Waals surface area (Å²) in [6, 6.07) is 8.32. The van der Waals surface area contributed by atoms with Crippen LogP contribution < -0.4 is 5.32 Å². The van der Waals surface area contributed by atoms with Crippen LogP contribution in [0.15, 0.2) is 22.7 Å². The maximum atomic E-state index is 9.18. The van der Waals surface area contributed by atoms with Crippen LogP contribution >= 0.6 is 15.9 Å². The molecule has 0 heterocycles. The van der Waals surface area contributed by atoms with E-state index in [4.69, 9.17) is 4.74 Å². The number of nitrogens with one attached hydrogen (secondary N) is 1. The van der Waals surface area contributed by atoms with E-state index in [2.05, 4.69) is 41.2 Å². The topological polar surface area (TPSA) is 45.0 Å². The van der Waals surface area contributed by atoms with E-state index in [9.17, 15) is 5.26 Å². The number of ether oxygens (including phenoxy) is 1. The number of hydrogen-bond acceptors (Lipinski definition) is 3. The fourth-order valence-electron chi connectivity index (χ4n) is 2.54. The molecule has 4 heteroatoms. The molecular formula is C15H19BrN2O. The molecule has 1 N–H and O–H groups in total. The highest BCUT2D eigenvalue weighted by atomic mass is 79.9. The first-order chi connectivity index (χ1) is 8.98. The normalized spacial score (nSPS) is 24.4. The number of nitrogens with zero attached hydrogens (tertiary/aromatic N) is 1. The van der Waals surface area contributed by atoms with Gasteiger partial charge in [0.05, 0.1) is 17.4 Å². The Morgan fingerprint density at radius 1 is 1.53 bits per heavy atom. The Morgan fingerprint density at radius 2 is 2.26 bits per heavy atom. The predicted octanol–water partition coefficient (Wildman–Crippen LogP) is 3.94. The number of anilines is 1. The van der Waals surface area contributed by atoms with Crippen molar-refractivity contribution in [1.82, 2.24) is 0 Å². The van der Waals surface area contributed by atoms with Gasteiger partial charge in [-0.2, -0.15) is 5.26 Å². The Balaban J connectivity index is 2.10. The highest BCUT2D eigenvalue weighted by Crippen LogP contribution is 2.44. The van der Waals surface area contributed by atoms with Gasteiger partial charge in [0.15, 0.2) is 0 Å². The van der Waals surface area contributed by atoms with E-state index in [0.717, 1.165) is 23.2 Å². The Morgan fingerprint density at radius 3 is 2.84 bits per heavy atom. The van der Waals surface area contributed by atoms with E-state index >= 15 is 0 Å². The fourth-order valence-corrected chi connectivity index (χ4v) is 2.90. The summed E-state index contributed by atoms with van der Waals surface area (Å²) < 4.78 is 6.65. The molecule has 1 aromatic rings. The second-order valence-corrected chi connectivity index (χ2v) is 6.42. The molecule has 0 saturated heterocycles. The summed E-state index contributed by atoms with van der Waals surface area (Å²) >= 11 is 3.39. The highest BCUT2D eigenvalue weighted by molar-refractivity contribution is 9.10. The smallest absolute Gasteiger partial charge is 0.101 e. The largest absolute Gasteiger partial charge is 0.381 e. The first kappa shape index (κ1) is 14.4. The van der Waals surface area contributed by atoms with Gasteiger partial charge in [0, 0.05) is 22.5 Å². The quantitative estimate of drug-likeness (QED) is 0.913. The van der Waals surface area contributed by atoms with Crippen molar-refractivity contribution in [2.75, 3.05) is 11.9 Å². The molecule has 0 aromatic heterocycles. The molecular weight excluding hydrogens is 304 g/mol. The lowest BCUT2D eigenvalue weighted by Gasteiger charge is -2.52. The zero-order chi connectivity index (χ0) is 14.0. The SMILES string of the molecule is CCOC1CC(Nc2ccc(Br)cc2C#N)C1(C)C. The molecule has 0 bridgehead atoms. The molecule has 2 unspecified atom stereocenters. The Labute approximate surface area is 123 Å². The minimum absolute atomic E-state index is 0.0931. The van der Waals surface area contributed by atoms with Gasteiger partial charge in [-0.3, -0.25) is 0 Å². The Bertz CT molecular complexity index is 507. The maximum Gasteiger partial charge on any atom is 0.101 e. The van der Waals surface area contributed by atoms with Crippen molar-refractivity contribution >= 4 is 21.6 Å². The van der Waals surface area contributed by atoms with Gasteiger partial charge in [-0.15, -0.1) is 0 Å². The summed E-state index contributed by atoms with van der Waals surface area (Å²) in [4.78, 5) is 0. The van der Waals surface area contributed by atoms with Crippen molar-refractivity contribution in [1.29, 1.82) is 5.26 Å². The number of nitriles is 1. The molecule has 1 aliphatic carbocycles. The van der Waals surface area contributed by atoms with Crippen molar-refractivity contribution in [2.45, 2.75) is 39.3 Å². The molecule has 0 amide bonds. The van der Waals surface area contributed by atoms with Crippen LogP contribution in [0.5, 0.6) is 0 Å². The monoisotopic (exact) mass is 322 g/mol. The summed E-state index contributed by atoms with van der Waals surface area (Å²) in [6.07, 6.45) is 1.29. The van der Waals surface area contributed by atoms with Gasteiger partial charge in [0.25, 0.3) is 0 Å². The molecule has 2 rings (SSSR count). The molecule has 0 aliphatic heterocycles. The molecule has 1 aliphatic rings. The van der Waals surface area contributed by atoms with Gasteiger partial charge in [-0.25, -0.2) is 0 Å². The number of benzene rings is 1. The summed E-state index contributed by atoms with van der Waals surface area (Å²) in [6.45, 7) is 7.20.